The van der Waals surface area contributed by atoms with E-state index in [4.69, 9.17) is 6.42 Å². The Morgan fingerprint density at radius 3 is 2.62 bits per heavy atom. The number of para-hydroxylation sites is 1. The van der Waals surface area contributed by atoms with Crippen LogP contribution in [0, 0.1) is 19.3 Å². The number of aryl methyl sites for hydroxylation is 1. The fourth-order valence-corrected chi connectivity index (χ4v) is 1.40. The van der Waals surface area contributed by atoms with Crippen LogP contribution < -0.4 is 4.90 Å². The van der Waals surface area contributed by atoms with Crippen LogP contribution in [-0.2, 0) is 0 Å². The Bertz CT molecular complexity index is 309. The van der Waals surface area contributed by atoms with Crippen molar-refractivity contribution < 1.29 is 0 Å². The fraction of sp³-hybridized carbons (Fsp3) is 0.333. The predicted molar refractivity (Wildman–Crippen MR) is 57.9 cm³/mol. The van der Waals surface area contributed by atoms with Gasteiger partial charge in [0.25, 0.3) is 0 Å². The Labute approximate surface area is 80.4 Å². The van der Waals surface area contributed by atoms with E-state index in [1.807, 2.05) is 12.1 Å². The molecule has 0 N–H and O–H groups in total. The molecule has 0 bridgehead atoms. The average molecular weight is 173 g/mol. The van der Waals surface area contributed by atoms with E-state index in [-0.39, 0.29) is 0 Å². The monoisotopic (exact) mass is 173 g/mol. The van der Waals surface area contributed by atoms with Crippen molar-refractivity contribution in [2.24, 2.45) is 0 Å². The van der Waals surface area contributed by atoms with Gasteiger partial charge in [-0.25, -0.2) is 0 Å². The highest BCUT2D eigenvalue weighted by Gasteiger charge is 2.03. The number of nitrogens with zero attached hydrogens (tertiary/aromatic N) is 1. The van der Waals surface area contributed by atoms with Gasteiger partial charge in [0, 0.05) is 12.2 Å². The maximum Gasteiger partial charge on any atom is 0.0791 e. The normalized spacial score (nSPS) is 9.31. The van der Waals surface area contributed by atoms with Gasteiger partial charge < -0.3 is 4.90 Å². The molecule has 0 atom stereocenters. The topological polar surface area (TPSA) is 3.24 Å². The first-order valence-electron chi connectivity index (χ1n) is 4.53. The minimum atomic E-state index is 0.682. The Morgan fingerprint density at radius 1 is 1.38 bits per heavy atom. The number of hydrogen-bond donors (Lipinski definition) is 0. The second kappa shape index (κ2) is 4.57. The van der Waals surface area contributed by atoms with Crippen LogP contribution >= 0.6 is 0 Å². The molecule has 0 aromatic heterocycles. The van der Waals surface area contributed by atoms with Gasteiger partial charge in [0.2, 0.25) is 0 Å². The molecule has 1 aromatic rings. The average Bonchev–Trinajstić information content (AvgIpc) is 2.16. The van der Waals surface area contributed by atoms with Gasteiger partial charge in [0.15, 0.2) is 0 Å². The van der Waals surface area contributed by atoms with Gasteiger partial charge in [0.05, 0.1) is 6.54 Å². The summed E-state index contributed by atoms with van der Waals surface area (Å²) in [6.07, 6.45) is 5.30. The molecule has 0 spiro atoms. The molecule has 0 unspecified atom stereocenters. The summed E-state index contributed by atoms with van der Waals surface area (Å²) in [5.74, 6) is 2.67. The van der Waals surface area contributed by atoms with Gasteiger partial charge in [0.1, 0.15) is 0 Å². The number of anilines is 1. The van der Waals surface area contributed by atoms with Gasteiger partial charge >= 0.3 is 0 Å². The van der Waals surface area contributed by atoms with E-state index in [0.717, 1.165) is 6.54 Å². The summed E-state index contributed by atoms with van der Waals surface area (Å²) in [5, 5.41) is 0. The van der Waals surface area contributed by atoms with E-state index in [1.165, 1.54) is 11.3 Å². The molecular formula is C12H15N. The van der Waals surface area contributed by atoms with Crippen molar-refractivity contribution in [3.8, 4) is 12.3 Å². The Hall–Kier alpha value is -1.42. The van der Waals surface area contributed by atoms with Crippen molar-refractivity contribution in [2.45, 2.75) is 13.8 Å². The lowest BCUT2D eigenvalue weighted by Crippen LogP contribution is -2.23. The van der Waals surface area contributed by atoms with Crippen LogP contribution in [0.2, 0.25) is 0 Å². The molecule has 0 aliphatic rings. The van der Waals surface area contributed by atoms with Crippen molar-refractivity contribution >= 4 is 5.69 Å². The number of rotatable bonds is 3. The van der Waals surface area contributed by atoms with E-state index in [0.29, 0.717) is 6.54 Å². The van der Waals surface area contributed by atoms with Gasteiger partial charge in [-0.15, -0.1) is 6.42 Å². The highest BCUT2D eigenvalue weighted by molar-refractivity contribution is 5.53. The largest absolute Gasteiger partial charge is 0.360 e. The van der Waals surface area contributed by atoms with E-state index in [9.17, 15) is 0 Å². The number of benzene rings is 1. The summed E-state index contributed by atoms with van der Waals surface area (Å²) in [4.78, 5) is 2.19. The van der Waals surface area contributed by atoms with Crippen molar-refractivity contribution in [2.75, 3.05) is 18.0 Å². The van der Waals surface area contributed by atoms with Crippen LogP contribution in [0.4, 0.5) is 5.69 Å². The van der Waals surface area contributed by atoms with Crippen LogP contribution in [0.1, 0.15) is 12.5 Å². The Morgan fingerprint density at radius 2 is 2.08 bits per heavy atom. The smallest absolute Gasteiger partial charge is 0.0791 e. The van der Waals surface area contributed by atoms with Crippen LogP contribution in [0.25, 0.3) is 0 Å². The van der Waals surface area contributed by atoms with E-state index in [1.54, 1.807) is 0 Å². The van der Waals surface area contributed by atoms with Crippen LogP contribution in [0.15, 0.2) is 24.3 Å². The van der Waals surface area contributed by atoms with Crippen LogP contribution in [-0.4, -0.2) is 13.1 Å². The molecule has 0 radical (unpaired) electrons. The first kappa shape index (κ1) is 9.67. The van der Waals surface area contributed by atoms with Crippen molar-refractivity contribution in [1.29, 1.82) is 0 Å². The van der Waals surface area contributed by atoms with Crippen LogP contribution in [0.5, 0.6) is 0 Å². The second-order valence-corrected chi connectivity index (χ2v) is 3.00. The number of hydrogen-bond acceptors (Lipinski definition) is 1. The zero-order chi connectivity index (χ0) is 9.68. The lowest BCUT2D eigenvalue weighted by Gasteiger charge is -2.22. The molecule has 0 saturated heterocycles. The standard InChI is InChI=1S/C12H15N/c1-4-10-13(5-2)12-9-7-6-8-11(12)3/h1,6-9H,5,10H2,2-3H3. The maximum atomic E-state index is 5.30. The lowest BCUT2D eigenvalue weighted by atomic mass is 10.2. The molecule has 1 aromatic carbocycles. The molecule has 1 rings (SSSR count). The summed E-state index contributed by atoms with van der Waals surface area (Å²) < 4.78 is 0. The zero-order valence-corrected chi connectivity index (χ0v) is 8.25. The molecule has 0 amide bonds. The minimum Gasteiger partial charge on any atom is -0.360 e. The van der Waals surface area contributed by atoms with E-state index >= 15 is 0 Å². The van der Waals surface area contributed by atoms with Gasteiger partial charge in [-0.1, -0.05) is 24.1 Å². The third kappa shape index (κ3) is 2.26. The molecule has 0 heterocycles. The highest BCUT2D eigenvalue weighted by atomic mass is 15.1. The molecule has 68 valence electrons. The number of terminal acetylenes is 1. The molecule has 1 heteroatoms. The summed E-state index contributed by atoms with van der Waals surface area (Å²) >= 11 is 0. The summed E-state index contributed by atoms with van der Waals surface area (Å²) in [6, 6.07) is 8.30. The van der Waals surface area contributed by atoms with E-state index in [2.05, 4.69) is 36.8 Å². The van der Waals surface area contributed by atoms with Gasteiger partial charge in [-0.2, -0.15) is 0 Å². The minimum absolute atomic E-state index is 0.682. The first-order chi connectivity index (χ1) is 6.29. The summed E-state index contributed by atoms with van der Waals surface area (Å²) in [7, 11) is 0. The Balaban J connectivity index is 2.92. The predicted octanol–water partition coefficient (Wildman–Crippen LogP) is 2.45. The van der Waals surface area contributed by atoms with Crippen molar-refractivity contribution in [3.63, 3.8) is 0 Å². The first-order valence-corrected chi connectivity index (χ1v) is 4.53. The quantitative estimate of drug-likeness (QED) is 0.635. The molecule has 0 aliphatic carbocycles. The van der Waals surface area contributed by atoms with Crippen molar-refractivity contribution in [3.05, 3.63) is 29.8 Å². The van der Waals surface area contributed by atoms with Gasteiger partial charge in [-0.05, 0) is 25.5 Å². The molecule has 1 nitrogen and oxygen atoms in total. The van der Waals surface area contributed by atoms with Gasteiger partial charge in [-0.3, -0.25) is 0 Å². The molecule has 0 saturated carbocycles. The molecule has 13 heavy (non-hydrogen) atoms. The SMILES string of the molecule is C#CCN(CC)c1ccccc1C. The fourth-order valence-electron chi connectivity index (χ4n) is 1.40. The van der Waals surface area contributed by atoms with E-state index < -0.39 is 0 Å². The summed E-state index contributed by atoms with van der Waals surface area (Å²) in [6.45, 7) is 5.86. The van der Waals surface area contributed by atoms with Crippen LogP contribution in [0.3, 0.4) is 0 Å². The molecular weight excluding hydrogens is 158 g/mol. The summed E-state index contributed by atoms with van der Waals surface area (Å²) in [5.41, 5.74) is 2.52. The third-order valence-corrected chi connectivity index (χ3v) is 2.12. The zero-order valence-electron chi connectivity index (χ0n) is 8.25. The molecule has 0 aliphatic heterocycles. The highest BCUT2D eigenvalue weighted by Crippen LogP contribution is 2.18. The molecule has 0 fully saturated rings. The second-order valence-electron chi connectivity index (χ2n) is 3.00. The Kier molecular flexibility index (Phi) is 3.40. The van der Waals surface area contributed by atoms with Crippen molar-refractivity contribution in [1.82, 2.24) is 0 Å². The maximum absolute atomic E-state index is 5.30. The lowest BCUT2D eigenvalue weighted by molar-refractivity contribution is 0.912. The third-order valence-electron chi connectivity index (χ3n) is 2.12.